The average Bonchev–Trinajstić information content (AvgIpc) is 2.35. The zero-order chi connectivity index (χ0) is 13.3. The van der Waals surface area contributed by atoms with Crippen LogP contribution in [0.1, 0.15) is 23.7 Å². The minimum atomic E-state index is -0.328. The molecular formula is C13H17ClN2O2. The molecule has 1 aliphatic heterocycles. The Balaban J connectivity index is 2.19. The second-order valence-corrected chi connectivity index (χ2v) is 5.17. The van der Waals surface area contributed by atoms with Gasteiger partial charge in [0, 0.05) is 13.1 Å². The highest BCUT2D eigenvalue weighted by molar-refractivity contribution is 6.36. The molecule has 2 unspecified atom stereocenters. The molecule has 1 heterocycles. The van der Waals surface area contributed by atoms with E-state index in [4.69, 9.17) is 17.3 Å². The Hall–Kier alpha value is -1.26. The fourth-order valence-corrected chi connectivity index (χ4v) is 2.41. The number of amides is 1. The van der Waals surface area contributed by atoms with Crippen molar-refractivity contribution in [1.82, 2.24) is 4.90 Å². The number of aliphatic hydroxyl groups excluding tert-OH is 1. The summed E-state index contributed by atoms with van der Waals surface area (Å²) in [6.07, 6.45) is 0.276. The van der Waals surface area contributed by atoms with Crippen LogP contribution in [0.5, 0.6) is 0 Å². The van der Waals surface area contributed by atoms with E-state index < -0.39 is 0 Å². The van der Waals surface area contributed by atoms with Crippen LogP contribution in [-0.2, 0) is 0 Å². The summed E-state index contributed by atoms with van der Waals surface area (Å²) in [5, 5.41) is 9.97. The molecule has 1 aromatic carbocycles. The topological polar surface area (TPSA) is 66.6 Å². The predicted octanol–water partition coefficient (Wildman–Crippen LogP) is 1.77. The Bertz CT molecular complexity index is 464. The molecule has 4 nitrogen and oxygen atoms in total. The molecule has 1 saturated heterocycles. The summed E-state index contributed by atoms with van der Waals surface area (Å²) in [6, 6.07) is 5.06. The molecule has 3 N–H and O–H groups in total. The van der Waals surface area contributed by atoms with E-state index in [1.54, 1.807) is 23.1 Å². The summed E-state index contributed by atoms with van der Waals surface area (Å²) in [5.74, 6) is -0.0337. The van der Waals surface area contributed by atoms with Gasteiger partial charge < -0.3 is 15.7 Å². The number of hydrogen-bond acceptors (Lipinski definition) is 3. The van der Waals surface area contributed by atoms with Crippen molar-refractivity contribution in [2.45, 2.75) is 19.4 Å². The first-order valence-electron chi connectivity index (χ1n) is 6.02. The van der Waals surface area contributed by atoms with E-state index in [9.17, 15) is 9.90 Å². The Kier molecular flexibility index (Phi) is 3.78. The molecule has 98 valence electrons. The van der Waals surface area contributed by atoms with E-state index in [0.717, 1.165) is 0 Å². The molecule has 2 atom stereocenters. The number of nitrogen functional groups attached to an aromatic ring is 1. The highest BCUT2D eigenvalue weighted by atomic mass is 35.5. The van der Waals surface area contributed by atoms with Gasteiger partial charge in [-0.3, -0.25) is 4.79 Å². The molecule has 0 saturated carbocycles. The lowest BCUT2D eigenvalue weighted by Gasteiger charge is -2.34. The fraction of sp³-hybridized carbons (Fsp3) is 0.462. The van der Waals surface area contributed by atoms with Crippen molar-refractivity contribution < 1.29 is 9.90 Å². The summed E-state index contributed by atoms with van der Waals surface area (Å²) in [4.78, 5) is 14.0. The van der Waals surface area contributed by atoms with Crippen molar-refractivity contribution in [3.05, 3.63) is 28.8 Å². The first-order chi connectivity index (χ1) is 8.50. The van der Waals surface area contributed by atoms with Gasteiger partial charge in [0.15, 0.2) is 0 Å². The summed E-state index contributed by atoms with van der Waals surface area (Å²) in [6.45, 7) is 3.03. The second kappa shape index (κ2) is 5.16. The van der Waals surface area contributed by atoms with E-state index in [2.05, 4.69) is 0 Å². The van der Waals surface area contributed by atoms with Crippen LogP contribution in [0.25, 0.3) is 0 Å². The minimum absolute atomic E-state index is 0.0857. The van der Waals surface area contributed by atoms with Gasteiger partial charge in [-0.2, -0.15) is 0 Å². The Labute approximate surface area is 111 Å². The van der Waals surface area contributed by atoms with Crippen LogP contribution in [0.4, 0.5) is 5.69 Å². The van der Waals surface area contributed by atoms with Gasteiger partial charge in [0.05, 0.1) is 22.4 Å². The molecule has 18 heavy (non-hydrogen) atoms. The number of halogens is 1. The van der Waals surface area contributed by atoms with E-state index in [1.165, 1.54) is 0 Å². The minimum Gasteiger partial charge on any atom is -0.398 e. The summed E-state index contributed by atoms with van der Waals surface area (Å²) in [7, 11) is 0. The third-order valence-corrected chi connectivity index (χ3v) is 3.83. The van der Waals surface area contributed by atoms with Crippen molar-refractivity contribution >= 4 is 23.2 Å². The van der Waals surface area contributed by atoms with E-state index in [-0.39, 0.29) is 17.9 Å². The quantitative estimate of drug-likeness (QED) is 0.763. The third-order valence-electron chi connectivity index (χ3n) is 3.41. The molecule has 2 rings (SSSR count). The molecule has 0 spiro atoms. The van der Waals surface area contributed by atoms with Gasteiger partial charge in [0.1, 0.15) is 0 Å². The van der Waals surface area contributed by atoms with Crippen LogP contribution >= 0.6 is 11.6 Å². The fourth-order valence-electron chi connectivity index (χ4n) is 2.20. The third kappa shape index (κ3) is 2.44. The number of likely N-dealkylation sites (tertiary alicyclic amines) is 1. The highest BCUT2D eigenvalue weighted by Crippen LogP contribution is 2.26. The lowest BCUT2D eigenvalue weighted by atomic mass is 9.96. The zero-order valence-corrected chi connectivity index (χ0v) is 11.0. The number of carbonyl (C=O) groups is 1. The second-order valence-electron chi connectivity index (χ2n) is 4.79. The Morgan fingerprint density at radius 3 is 2.94 bits per heavy atom. The number of piperidine rings is 1. The standard InChI is InChI=1S/C13H17ClN2O2/c1-8-7-16(6-5-11(8)17)13(18)9-3-2-4-10(15)12(9)14/h2-4,8,11,17H,5-7,15H2,1H3. The van der Waals surface area contributed by atoms with Crippen molar-refractivity contribution in [2.75, 3.05) is 18.8 Å². The van der Waals surface area contributed by atoms with E-state index in [1.807, 2.05) is 6.92 Å². The maximum absolute atomic E-state index is 12.3. The number of nitrogens with zero attached hydrogens (tertiary/aromatic N) is 1. The summed E-state index contributed by atoms with van der Waals surface area (Å²) >= 11 is 6.05. The van der Waals surface area contributed by atoms with Crippen LogP contribution in [0.15, 0.2) is 18.2 Å². The number of aliphatic hydroxyl groups is 1. The molecule has 1 fully saturated rings. The predicted molar refractivity (Wildman–Crippen MR) is 71.6 cm³/mol. The van der Waals surface area contributed by atoms with Gasteiger partial charge in [-0.1, -0.05) is 24.6 Å². The van der Waals surface area contributed by atoms with Crippen LogP contribution in [0.3, 0.4) is 0 Å². The van der Waals surface area contributed by atoms with Crippen LogP contribution < -0.4 is 5.73 Å². The SMILES string of the molecule is CC1CN(C(=O)c2cccc(N)c2Cl)CCC1O. The zero-order valence-electron chi connectivity index (χ0n) is 10.3. The maximum Gasteiger partial charge on any atom is 0.255 e. The van der Waals surface area contributed by atoms with E-state index in [0.29, 0.717) is 35.8 Å². The molecule has 0 bridgehead atoms. The van der Waals surface area contributed by atoms with Crippen molar-refractivity contribution in [2.24, 2.45) is 5.92 Å². The van der Waals surface area contributed by atoms with Gasteiger partial charge in [-0.25, -0.2) is 0 Å². The number of carbonyl (C=O) groups excluding carboxylic acids is 1. The molecule has 0 aliphatic carbocycles. The van der Waals surface area contributed by atoms with Gasteiger partial charge in [-0.15, -0.1) is 0 Å². The smallest absolute Gasteiger partial charge is 0.255 e. The molecule has 0 radical (unpaired) electrons. The lowest BCUT2D eigenvalue weighted by molar-refractivity contribution is 0.0298. The van der Waals surface area contributed by atoms with Gasteiger partial charge in [0.2, 0.25) is 0 Å². The number of rotatable bonds is 1. The lowest BCUT2D eigenvalue weighted by Crippen LogP contribution is -2.45. The number of nitrogens with two attached hydrogens (primary N) is 1. The first-order valence-corrected chi connectivity index (χ1v) is 6.40. The van der Waals surface area contributed by atoms with Gasteiger partial charge in [0.25, 0.3) is 5.91 Å². The largest absolute Gasteiger partial charge is 0.398 e. The van der Waals surface area contributed by atoms with Crippen molar-refractivity contribution in [1.29, 1.82) is 0 Å². The van der Waals surface area contributed by atoms with Crippen molar-refractivity contribution in [3.8, 4) is 0 Å². The normalized spacial score (nSPS) is 24.1. The van der Waals surface area contributed by atoms with Crippen LogP contribution in [-0.4, -0.2) is 35.1 Å². The number of hydrogen-bond donors (Lipinski definition) is 2. The summed E-state index contributed by atoms with van der Waals surface area (Å²) < 4.78 is 0. The highest BCUT2D eigenvalue weighted by Gasteiger charge is 2.28. The van der Waals surface area contributed by atoms with E-state index >= 15 is 0 Å². The number of benzene rings is 1. The summed E-state index contributed by atoms with van der Waals surface area (Å²) in [5.41, 5.74) is 6.54. The Morgan fingerprint density at radius 1 is 1.56 bits per heavy atom. The molecule has 5 heteroatoms. The molecule has 1 aliphatic rings. The molecule has 0 aromatic heterocycles. The monoisotopic (exact) mass is 268 g/mol. The van der Waals surface area contributed by atoms with Crippen molar-refractivity contribution in [3.63, 3.8) is 0 Å². The molecule has 1 amide bonds. The maximum atomic E-state index is 12.3. The average molecular weight is 269 g/mol. The molecule has 1 aromatic rings. The van der Waals surface area contributed by atoms with Crippen LogP contribution in [0.2, 0.25) is 5.02 Å². The molecular weight excluding hydrogens is 252 g/mol. The van der Waals surface area contributed by atoms with Gasteiger partial charge >= 0.3 is 0 Å². The number of anilines is 1. The Morgan fingerprint density at radius 2 is 2.28 bits per heavy atom. The van der Waals surface area contributed by atoms with Crippen LogP contribution in [0, 0.1) is 5.92 Å². The van der Waals surface area contributed by atoms with Gasteiger partial charge in [-0.05, 0) is 24.5 Å². The first kappa shape index (κ1) is 13.2.